The van der Waals surface area contributed by atoms with Crippen LogP contribution in [0.25, 0.3) is 11.3 Å². The van der Waals surface area contributed by atoms with Crippen molar-refractivity contribution < 1.29 is 4.74 Å². The summed E-state index contributed by atoms with van der Waals surface area (Å²) in [6.45, 7) is 4.19. The van der Waals surface area contributed by atoms with Crippen LogP contribution in [-0.2, 0) is 0 Å². The smallest absolute Gasteiger partial charge is 0.118 e. The number of benzene rings is 2. The highest BCUT2D eigenvalue weighted by Gasteiger charge is 2.32. The van der Waals surface area contributed by atoms with Crippen LogP contribution in [0.15, 0.2) is 64.8 Å². The van der Waals surface area contributed by atoms with Crippen molar-refractivity contribution >= 4 is 11.3 Å². The van der Waals surface area contributed by atoms with Crippen LogP contribution < -0.4 is 4.74 Å². The van der Waals surface area contributed by atoms with Gasteiger partial charge in [0.25, 0.3) is 0 Å². The van der Waals surface area contributed by atoms with E-state index in [1.165, 1.54) is 5.56 Å². The lowest BCUT2D eigenvalue weighted by atomic mass is 9.87. The molecule has 0 bridgehead atoms. The Labute approximate surface area is 125 Å². The third-order valence-electron chi connectivity index (χ3n) is 3.67. The molecule has 0 amide bonds. The van der Waals surface area contributed by atoms with Crippen molar-refractivity contribution in [3.63, 3.8) is 0 Å². The highest BCUT2D eigenvalue weighted by atomic mass is 16.5. The van der Waals surface area contributed by atoms with E-state index >= 15 is 0 Å². The van der Waals surface area contributed by atoms with Gasteiger partial charge in [0.15, 0.2) is 0 Å². The first-order chi connectivity index (χ1) is 10.1. The van der Waals surface area contributed by atoms with Crippen molar-refractivity contribution in [2.75, 3.05) is 7.11 Å². The topological polar surface area (TPSA) is 34.0 Å². The summed E-state index contributed by atoms with van der Waals surface area (Å²) in [4.78, 5) is 0. The van der Waals surface area contributed by atoms with E-state index in [0.717, 1.165) is 22.6 Å². The van der Waals surface area contributed by atoms with Crippen LogP contribution in [0.3, 0.4) is 0 Å². The number of methoxy groups -OCH3 is 1. The van der Waals surface area contributed by atoms with Crippen LogP contribution in [0, 0.1) is 0 Å². The van der Waals surface area contributed by atoms with Crippen molar-refractivity contribution in [2.45, 2.75) is 19.4 Å². The van der Waals surface area contributed by atoms with E-state index in [2.05, 4.69) is 36.2 Å². The van der Waals surface area contributed by atoms with Gasteiger partial charge in [-0.15, -0.1) is 0 Å². The first-order valence-electron chi connectivity index (χ1n) is 6.99. The summed E-state index contributed by atoms with van der Waals surface area (Å²) in [7, 11) is 1.67. The second-order valence-corrected chi connectivity index (χ2v) is 5.58. The fourth-order valence-electron chi connectivity index (χ4n) is 2.61. The molecule has 0 unspecified atom stereocenters. The molecule has 0 N–H and O–H groups in total. The molecule has 0 saturated heterocycles. The molecule has 0 atom stereocenters. The van der Waals surface area contributed by atoms with Crippen LogP contribution in [0.2, 0.25) is 0 Å². The number of rotatable bonds is 3. The largest absolute Gasteiger partial charge is 0.497 e. The number of hydrogen-bond acceptors (Lipinski definition) is 3. The molecular formula is C18H18N2O. The summed E-state index contributed by atoms with van der Waals surface area (Å²) in [6, 6.07) is 18.3. The molecular weight excluding hydrogens is 260 g/mol. The minimum absolute atomic E-state index is 0.309. The quantitative estimate of drug-likeness (QED) is 0.793. The van der Waals surface area contributed by atoms with Gasteiger partial charge < -0.3 is 4.74 Å². The molecule has 1 aliphatic rings. The van der Waals surface area contributed by atoms with E-state index in [0.29, 0.717) is 0 Å². The maximum Gasteiger partial charge on any atom is 0.118 e. The Balaban J connectivity index is 2.14. The van der Waals surface area contributed by atoms with E-state index in [1.807, 2.05) is 42.5 Å². The van der Waals surface area contributed by atoms with Crippen LogP contribution in [0.4, 0.5) is 0 Å². The van der Waals surface area contributed by atoms with Gasteiger partial charge in [0.2, 0.25) is 0 Å². The molecule has 3 rings (SSSR count). The second-order valence-electron chi connectivity index (χ2n) is 5.58. The highest BCUT2D eigenvalue weighted by Crippen LogP contribution is 2.43. The first-order valence-corrected chi connectivity index (χ1v) is 6.99. The van der Waals surface area contributed by atoms with Gasteiger partial charge in [0.1, 0.15) is 11.3 Å². The Bertz CT molecular complexity index is 698. The monoisotopic (exact) mass is 278 g/mol. The molecule has 1 aliphatic heterocycles. The van der Waals surface area contributed by atoms with Gasteiger partial charge in [0.05, 0.1) is 12.8 Å². The van der Waals surface area contributed by atoms with Gasteiger partial charge in [-0.3, -0.25) is 0 Å². The van der Waals surface area contributed by atoms with E-state index in [9.17, 15) is 0 Å². The van der Waals surface area contributed by atoms with Gasteiger partial charge in [-0.25, -0.2) is 0 Å². The Morgan fingerprint density at radius 1 is 0.857 bits per heavy atom. The summed E-state index contributed by atoms with van der Waals surface area (Å²) >= 11 is 0. The lowest BCUT2D eigenvalue weighted by Crippen LogP contribution is -2.16. The molecule has 1 heterocycles. The van der Waals surface area contributed by atoms with Crippen molar-refractivity contribution in [3.8, 4) is 5.75 Å². The molecule has 2 aromatic carbocycles. The normalized spacial score (nSPS) is 16.3. The molecule has 0 radical (unpaired) electrons. The molecule has 106 valence electrons. The van der Waals surface area contributed by atoms with Gasteiger partial charge in [-0.1, -0.05) is 30.3 Å². The number of azo groups is 1. The van der Waals surface area contributed by atoms with Crippen LogP contribution in [0.1, 0.15) is 25.0 Å². The highest BCUT2D eigenvalue weighted by molar-refractivity contribution is 5.95. The fourth-order valence-corrected chi connectivity index (χ4v) is 2.61. The zero-order valence-corrected chi connectivity index (χ0v) is 12.5. The number of nitrogens with zero attached hydrogens (tertiary/aromatic N) is 2. The number of hydrogen-bond donors (Lipinski definition) is 0. The third kappa shape index (κ3) is 2.47. The van der Waals surface area contributed by atoms with Gasteiger partial charge in [-0.2, -0.15) is 10.2 Å². The van der Waals surface area contributed by atoms with Crippen LogP contribution in [0.5, 0.6) is 5.75 Å². The average molecular weight is 278 g/mol. The Kier molecular flexibility index (Phi) is 3.34. The maximum atomic E-state index is 5.21. The molecule has 3 heteroatoms. The molecule has 2 aromatic rings. The van der Waals surface area contributed by atoms with Crippen molar-refractivity contribution in [2.24, 2.45) is 10.2 Å². The summed E-state index contributed by atoms with van der Waals surface area (Å²) in [5.74, 6) is 0.842. The molecule has 0 saturated carbocycles. The molecule has 0 spiro atoms. The minimum Gasteiger partial charge on any atom is -0.497 e. The lowest BCUT2D eigenvalue weighted by molar-refractivity contribution is 0.415. The summed E-state index contributed by atoms with van der Waals surface area (Å²) in [5, 5.41) is 8.88. The van der Waals surface area contributed by atoms with Gasteiger partial charge >= 0.3 is 0 Å². The summed E-state index contributed by atoms with van der Waals surface area (Å²) in [5.41, 5.74) is 4.01. The molecule has 21 heavy (non-hydrogen) atoms. The van der Waals surface area contributed by atoms with Crippen LogP contribution >= 0.6 is 0 Å². The predicted molar refractivity (Wildman–Crippen MR) is 85.2 cm³/mol. The Morgan fingerprint density at radius 3 is 2.14 bits per heavy atom. The predicted octanol–water partition coefficient (Wildman–Crippen LogP) is 4.81. The third-order valence-corrected chi connectivity index (χ3v) is 3.67. The SMILES string of the molecule is COc1ccc(C2=C(c3ccccc3)C(C)(C)N=N2)cc1. The second kappa shape index (κ2) is 5.17. The van der Waals surface area contributed by atoms with Gasteiger partial charge in [0, 0.05) is 11.1 Å². The maximum absolute atomic E-state index is 5.21. The fraction of sp³-hybridized carbons (Fsp3) is 0.222. The van der Waals surface area contributed by atoms with Crippen LogP contribution in [-0.4, -0.2) is 12.6 Å². The zero-order valence-electron chi connectivity index (χ0n) is 12.5. The van der Waals surface area contributed by atoms with E-state index in [4.69, 9.17) is 4.74 Å². The molecule has 0 fully saturated rings. The molecule has 3 nitrogen and oxygen atoms in total. The van der Waals surface area contributed by atoms with Crippen molar-refractivity contribution in [1.82, 2.24) is 0 Å². The van der Waals surface area contributed by atoms with E-state index in [1.54, 1.807) is 7.11 Å². The standard InChI is InChI=1S/C18H18N2O/c1-18(2)16(13-7-5-4-6-8-13)17(19-20-18)14-9-11-15(21-3)12-10-14/h4-12H,1-3H3. The summed E-state index contributed by atoms with van der Waals surface area (Å²) < 4.78 is 5.21. The zero-order chi connectivity index (χ0) is 14.9. The minimum atomic E-state index is -0.309. The molecule has 0 aromatic heterocycles. The first kappa shape index (κ1) is 13.6. The average Bonchev–Trinajstić information content (AvgIpc) is 2.83. The molecule has 0 aliphatic carbocycles. The van der Waals surface area contributed by atoms with E-state index < -0.39 is 0 Å². The number of ether oxygens (including phenoxy) is 1. The Hall–Kier alpha value is -2.42. The lowest BCUT2D eigenvalue weighted by Gasteiger charge is -2.19. The van der Waals surface area contributed by atoms with Crippen molar-refractivity contribution in [1.29, 1.82) is 0 Å². The summed E-state index contributed by atoms with van der Waals surface area (Å²) in [6.07, 6.45) is 0. The van der Waals surface area contributed by atoms with E-state index in [-0.39, 0.29) is 5.54 Å². The van der Waals surface area contributed by atoms with Gasteiger partial charge in [-0.05, 0) is 43.7 Å². The Morgan fingerprint density at radius 2 is 1.52 bits per heavy atom. The van der Waals surface area contributed by atoms with Crippen molar-refractivity contribution in [3.05, 3.63) is 65.7 Å².